The molecule has 0 radical (unpaired) electrons. The summed E-state index contributed by atoms with van der Waals surface area (Å²) in [6, 6.07) is 21.9. The molecule has 28 heavy (non-hydrogen) atoms. The highest BCUT2D eigenvalue weighted by Crippen LogP contribution is 2.29. The van der Waals surface area contributed by atoms with Crippen LogP contribution in [0.15, 0.2) is 83.2 Å². The van der Waals surface area contributed by atoms with Gasteiger partial charge in [-0.2, -0.15) is 0 Å². The minimum absolute atomic E-state index is 0.0597. The summed E-state index contributed by atoms with van der Waals surface area (Å²) in [5.74, 6) is -0.0597. The number of carbonyl (C=O) groups is 1. The van der Waals surface area contributed by atoms with Crippen molar-refractivity contribution >= 4 is 34.7 Å². The number of thiazole rings is 1. The van der Waals surface area contributed by atoms with Gasteiger partial charge in [0.05, 0.1) is 11.4 Å². The van der Waals surface area contributed by atoms with Gasteiger partial charge in [-0.1, -0.05) is 36.4 Å². The summed E-state index contributed by atoms with van der Waals surface area (Å²) in [6.45, 7) is 0.242. The van der Waals surface area contributed by atoms with Gasteiger partial charge in [0.15, 0.2) is 0 Å². The van der Waals surface area contributed by atoms with Crippen molar-refractivity contribution in [1.82, 2.24) is 9.55 Å². The Morgan fingerprint density at radius 2 is 1.96 bits per heavy atom. The molecule has 4 nitrogen and oxygen atoms in total. The third-order valence-electron chi connectivity index (χ3n) is 4.29. The van der Waals surface area contributed by atoms with Crippen LogP contribution in [0.1, 0.15) is 0 Å². The van der Waals surface area contributed by atoms with Crippen LogP contribution in [0.3, 0.4) is 0 Å². The lowest BCUT2D eigenvalue weighted by molar-refractivity contribution is -0.116. The lowest BCUT2D eigenvalue weighted by atomic mass is 10.2. The maximum Gasteiger partial charge on any atom is 0.244 e. The van der Waals surface area contributed by atoms with Gasteiger partial charge in [-0.05, 0) is 36.6 Å². The maximum atomic E-state index is 12.5. The summed E-state index contributed by atoms with van der Waals surface area (Å²) in [5.41, 5.74) is 3.80. The Hall–Kier alpha value is -2.83. The summed E-state index contributed by atoms with van der Waals surface area (Å²) in [7, 11) is 0. The van der Waals surface area contributed by atoms with Crippen molar-refractivity contribution in [2.24, 2.45) is 0 Å². The fourth-order valence-corrected chi connectivity index (χ4v) is 4.26. The number of nitrogens with one attached hydrogen (secondary N) is 1. The second-order valence-corrected chi connectivity index (χ2v) is 7.94. The van der Waals surface area contributed by atoms with E-state index in [1.165, 1.54) is 0 Å². The highest BCUT2D eigenvalue weighted by molar-refractivity contribution is 7.98. The van der Waals surface area contributed by atoms with E-state index in [4.69, 9.17) is 4.98 Å². The zero-order valence-corrected chi connectivity index (χ0v) is 17.0. The molecule has 0 aliphatic carbocycles. The Kier molecular flexibility index (Phi) is 5.60. The molecule has 4 aromatic rings. The van der Waals surface area contributed by atoms with E-state index < -0.39 is 0 Å². The van der Waals surface area contributed by atoms with Gasteiger partial charge in [0, 0.05) is 27.7 Å². The molecule has 0 aliphatic rings. The second kappa shape index (κ2) is 8.46. The molecule has 0 saturated heterocycles. The van der Waals surface area contributed by atoms with Crippen molar-refractivity contribution in [2.75, 3.05) is 11.6 Å². The van der Waals surface area contributed by atoms with Gasteiger partial charge >= 0.3 is 0 Å². The van der Waals surface area contributed by atoms with Crippen molar-refractivity contribution in [3.8, 4) is 22.0 Å². The Bertz CT molecular complexity index is 1090. The third kappa shape index (κ3) is 4.18. The number of anilines is 1. The minimum Gasteiger partial charge on any atom is -0.336 e. The molecule has 0 spiro atoms. The van der Waals surface area contributed by atoms with Gasteiger partial charge in [0.25, 0.3) is 0 Å². The van der Waals surface area contributed by atoms with Crippen LogP contribution in [0, 0.1) is 0 Å². The largest absolute Gasteiger partial charge is 0.336 e. The molecule has 0 aliphatic heterocycles. The number of rotatable bonds is 6. The molecule has 1 amide bonds. The first-order chi connectivity index (χ1) is 13.7. The minimum atomic E-state index is -0.0597. The first-order valence-electron chi connectivity index (χ1n) is 8.83. The van der Waals surface area contributed by atoms with Gasteiger partial charge in [0.2, 0.25) is 5.91 Å². The molecule has 0 saturated carbocycles. The Morgan fingerprint density at radius 3 is 2.79 bits per heavy atom. The smallest absolute Gasteiger partial charge is 0.244 e. The van der Waals surface area contributed by atoms with Crippen LogP contribution in [0.5, 0.6) is 0 Å². The fourth-order valence-electron chi connectivity index (χ4n) is 2.94. The molecule has 1 N–H and O–H groups in total. The predicted octanol–water partition coefficient (Wildman–Crippen LogP) is 5.64. The second-order valence-electron chi connectivity index (χ2n) is 6.21. The van der Waals surface area contributed by atoms with Gasteiger partial charge in [-0.25, -0.2) is 4.98 Å². The summed E-state index contributed by atoms with van der Waals surface area (Å²) in [6.07, 6.45) is 3.93. The third-order valence-corrected chi connectivity index (χ3v) is 5.88. The first-order valence-corrected chi connectivity index (χ1v) is 10.9. The van der Waals surface area contributed by atoms with Crippen LogP contribution in [-0.4, -0.2) is 21.7 Å². The monoisotopic (exact) mass is 405 g/mol. The lowest BCUT2D eigenvalue weighted by Gasteiger charge is -2.09. The van der Waals surface area contributed by atoms with Crippen LogP contribution in [0.2, 0.25) is 0 Å². The first kappa shape index (κ1) is 18.5. The topological polar surface area (TPSA) is 46.9 Å². The molecule has 2 aromatic carbocycles. The van der Waals surface area contributed by atoms with E-state index in [0.717, 1.165) is 32.5 Å². The van der Waals surface area contributed by atoms with E-state index >= 15 is 0 Å². The summed E-state index contributed by atoms with van der Waals surface area (Å²) in [4.78, 5) is 18.4. The summed E-state index contributed by atoms with van der Waals surface area (Å²) in [5, 5.41) is 5.93. The molecule has 0 fully saturated rings. The highest BCUT2D eigenvalue weighted by atomic mass is 32.2. The van der Waals surface area contributed by atoms with Crippen LogP contribution in [0.25, 0.3) is 22.0 Å². The number of aromatic nitrogens is 2. The van der Waals surface area contributed by atoms with Crippen LogP contribution >= 0.6 is 23.1 Å². The Balaban J connectivity index is 1.50. The van der Waals surface area contributed by atoms with Gasteiger partial charge in [-0.15, -0.1) is 23.1 Å². The molecule has 140 valence electrons. The van der Waals surface area contributed by atoms with E-state index in [-0.39, 0.29) is 12.5 Å². The molecule has 2 aromatic heterocycles. The van der Waals surface area contributed by atoms with Crippen LogP contribution in [-0.2, 0) is 11.3 Å². The SMILES string of the molecule is CSc1cccc(NC(=O)Cn2cccc2-c2nc(-c3ccccc3)cs2)c1. The average molecular weight is 406 g/mol. The highest BCUT2D eigenvalue weighted by Gasteiger charge is 2.12. The number of carbonyl (C=O) groups excluding carboxylic acids is 1. The number of thioether (sulfide) groups is 1. The average Bonchev–Trinajstić information content (AvgIpc) is 3.38. The zero-order valence-electron chi connectivity index (χ0n) is 15.3. The van der Waals surface area contributed by atoms with Crippen LogP contribution < -0.4 is 5.32 Å². The predicted molar refractivity (Wildman–Crippen MR) is 118 cm³/mol. The van der Waals surface area contributed by atoms with Gasteiger partial charge in [0.1, 0.15) is 11.6 Å². The molecule has 2 heterocycles. The molecule has 0 unspecified atom stereocenters. The zero-order chi connectivity index (χ0) is 19.3. The van der Waals surface area contributed by atoms with Gasteiger partial charge in [-0.3, -0.25) is 4.79 Å². The fraction of sp³-hybridized carbons (Fsp3) is 0.0909. The number of hydrogen-bond acceptors (Lipinski definition) is 4. The maximum absolute atomic E-state index is 12.5. The van der Waals surface area contributed by atoms with Crippen molar-refractivity contribution in [1.29, 1.82) is 0 Å². The van der Waals surface area contributed by atoms with Crippen molar-refractivity contribution in [3.05, 3.63) is 78.3 Å². The Morgan fingerprint density at radius 1 is 1.11 bits per heavy atom. The van der Waals surface area contributed by atoms with E-state index in [2.05, 4.69) is 10.7 Å². The number of amides is 1. The normalized spacial score (nSPS) is 10.8. The number of hydrogen-bond donors (Lipinski definition) is 1. The van der Waals surface area contributed by atoms with E-state index in [1.54, 1.807) is 23.1 Å². The van der Waals surface area contributed by atoms with E-state index in [1.807, 2.05) is 83.7 Å². The molecule has 0 bridgehead atoms. The Labute approximate surface area is 172 Å². The molecular weight excluding hydrogens is 386 g/mol. The summed E-state index contributed by atoms with van der Waals surface area (Å²) < 4.78 is 1.93. The molecule has 0 atom stereocenters. The van der Waals surface area contributed by atoms with Crippen LogP contribution in [0.4, 0.5) is 5.69 Å². The standard InChI is InChI=1S/C22H19N3OS2/c1-27-18-10-5-9-17(13-18)23-21(26)14-25-12-6-11-20(25)22-24-19(15-28-22)16-7-3-2-4-8-16/h2-13,15H,14H2,1H3,(H,23,26). The molecular formula is C22H19N3OS2. The molecule has 6 heteroatoms. The molecule has 4 rings (SSSR count). The van der Waals surface area contributed by atoms with E-state index in [9.17, 15) is 4.79 Å². The van der Waals surface area contributed by atoms with Crippen molar-refractivity contribution < 1.29 is 4.79 Å². The quantitative estimate of drug-likeness (QED) is 0.422. The number of nitrogens with zero attached hydrogens (tertiary/aromatic N) is 2. The summed E-state index contributed by atoms with van der Waals surface area (Å²) >= 11 is 3.24. The van der Waals surface area contributed by atoms with Crippen molar-refractivity contribution in [2.45, 2.75) is 11.4 Å². The lowest BCUT2D eigenvalue weighted by Crippen LogP contribution is -2.18. The van der Waals surface area contributed by atoms with E-state index in [0.29, 0.717) is 0 Å². The van der Waals surface area contributed by atoms with Gasteiger partial charge < -0.3 is 9.88 Å². The number of benzene rings is 2. The van der Waals surface area contributed by atoms with Crippen molar-refractivity contribution in [3.63, 3.8) is 0 Å².